The van der Waals surface area contributed by atoms with Gasteiger partial charge in [-0.15, -0.1) is 11.6 Å². The summed E-state index contributed by atoms with van der Waals surface area (Å²) in [4.78, 5) is 18.2. The highest BCUT2D eigenvalue weighted by Gasteiger charge is 2.60. The summed E-state index contributed by atoms with van der Waals surface area (Å²) in [6, 6.07) is 6.43. The molecule has 2 atom stereocenters. The van der Waals surface area contributed by atoms with Crippen LogP contribution in [0.15, 0.2) is 18.2 Å². The van der Waals surface area contributed by atoms with Crippen LogP contribution in [0.2, 0.25) is 0 Å². The molecule has 4 aliphatic carbocycles. The van der Waals surface area contributed by atoms with E-state index in [-0.39, 0.29) is 16.2 Å². The van der Waals surface area contributed by atoms with Crippen LogP contribution in [-0.4, -0.2) is 48.4 Å². The number of piperazine rings is 1. The van der Waals surface area contributed by atoms with Crippen LogP contribution in [0.25, 0.3) is 0 Å². The SMILES string of the molecule is CCN1CCN(c2ccc(NC(=O)C34C[C@H]5C[C@@H](CC(Cl)(C5)C3)C4)cc2C)CC1. The summed E-state index contributed by atoms with van der Waals surface area (Å²) in [6.07, 6.45) is 6.42. The number of hydrogen-bond acceptors (Lipinski definition) is 3. The average molecular weight is 416 g/mol. The van der Waals surface area contributed by atoms with E-state index in [1.807, 2.05) is 0 Å². The Balaban J connectivity index is 1.29. The van der Waals surface area contributed by atoms with E-state index in [0.29, 0.717) is 11.8 Å². The summed E-state index contributed by atoms with van der Waals surface area (Å²) in [5.41, 5.74) is 3.23. The molecule has 1 heterocycles. The predicted octanol–water partition coefficient (Wildman–Crippen LogP) is 4.65. The molecule has 1 aromatic carbocycles. The highest BCUT2D eigenvalue weighted by molar-refractivity contribution is 6.24. The summed E-state index contributed by atoms with van der Waals surface area (Å²) in [7, 11) is 0. The molecule has 158 valence electrons. The Kier molecular flexibility index (Phi) is 4.86. The normalized spacial score (nSPS) is 36.4. The first kappa shape index (κ1) is 19.7. The van der Waals surface area contributed by atoms with Crippen molar-refractivity contribution in [1.82, 2.24) is 4.90 Å². The molecule has 5 heteroatoms. The lowest BCUT2D eigenvalue weighted by molar-refractivity contribution is -0.138. The van der Waals surface area contributed by atoms with Crippen LogP contribution >= 0.6 is 11.6 Å². The lowest BCUT2D eigenvalue weighted by Crippen LogP contribution is -2.57. The summed E-state index contributed by atoms with van der Waals surface area (Å²) in [5, 5.41) is 3.28. The van der Waals surface area contributed by atoms with Crippen molar-refractivity contribution in [3.05, 3.63) is 23.8 Å². The zero-order chi connectivity index (χ0) is 20.2. The number of aryl methyl sites for hydroxylation is 1. The molecule has 4 saturated carbocycles. The van der Waals surface area contributed by atoms with E-state index in [4.69, 9.17) is 11.6 Å². The first-order valence-electron chi connectivity index (χ1n) is 11.5. The summed E-state index contributed by atoms with van der Waals surface area (Å²) >= 11 is 6.93. The van der Waals surface area contributed by atoms with Crippen LogP contribution in [0, 0.1) is 24.2 Å². The molecular weight excluding hydrogens is 382 g/mol. The molecule has 1 N–H and O–H groups in total. The number of hydrogen-bond donors (Lipinski definition) is 1. The van der Waals surface area contributed by atoms with Crippen LogP contribution in [0.4, 0.5) is 11.4 Å². The Morgan fingerprint density at radius 1 is 1.14 bits per heavy atom. The minimum atomic E-state index is -0.241. The minimum Gasteiger partial charge on any atom is -0.369 e. The first-order valence-corrected chi connectivity index (χ1v) is 11.8. The maximum Gasteiger partial charge on any atom is 0.230 e. The van der Waals surface area contributed by atoms with E-state index in [1.165, 1.54) is 17.7 Å². The van der Waals surface area contributed by atoms with Crippen molar-refractivity contribution in [2.24, 2.45) is 17.3 Å². The van der Waals surface area contributed by atoms with Crippen LogP contribution in [0.5, 0.6) is 0 Å². The second-order valence-corrected chi connectivity index (χ2v) is 11.1. The molecular formula is C24H34ClN3O. The van der Waals surface area contributed by atoms with Crippen molar-refractivity contribution in [2.45, 2.75) is 57.2 Å². The van der Waals surface area contributed by atoms with Crippen LogP contribution < -0.4 is 10.2 Å². The molecule has 0 spiro atoms. The lowest BCUT2D eigenvalue weighted by Gasteiger charge is -2.59. The van der Waals surface area contributed by atoms with Gasteiger partial charge in [-0.05, 0) is 87.6 Å². The van der Waals surface area contributed by atoms with E-state index in [2.05, 4.69) is 47.2 Å². The van der Waals surface area contributed by atoms with Gasteiger partial charge in [0.05, 0.1) is 5.41 Å². The molecule has 5 fully saturated rings. The molecule has 29 heavy (non-hydrogen) atoms. The van der Waals surface area contributed by atoms with E-state index in [9.17, 15) is 4.79 Å². The zero-order valence-corrected chi connectivity index (χ0v) is 18.6. The number of anilines is 2. The number of likely N-dealkylation sites (N-methyl/N-ethyl adjacent to an activating group) is 1. The molecule has 1 amide bonds. The first-order chi connectivity index (χ1) is 13.9. The molecule has 4 nitrogen and oxygen atoms in total. The molecule has 0 unspecified atom stereocenters. The van der Waals surface area contributed by atoms with E-state index >= 15 is 0 Å². The van der Waals surface area contributed by atoms with Crippen molar-refractivity contribution < 1.29 is 4.79 Å². The Morgan fingerprint density at radius 3 is 2.41 bits per heavy atom. The van der Waals surface area contributed by atoms with Gasteiger partial charge in [-0.3, -0.25) is 4.79 Å². The summed E-state index contributed by atoms with van der Waals surface area (Å²) in [5.74, 6) is 1.50. The number of nitrogens with one attached hydrogen (secondary N) is 1. The molecule has 1 saturated heterocycles. The highest BCUT2D eigenvalue weighted by Crippen LogP contribution is 2.64. The third-order valence-corrected chi connectivity index (χ3v) is 8.53. The third-order valence-electron chi connectivity index (χ3n) is 8.09. The Hall–Kier alpha value is -1.26. The number of benzene rings is 1. The standard InChI is InChI=1S/C24H34ClN3O/c1-3-27-6-8-28(9-7-27)21-5-4-20(10-17(21)2)26-22(29)23-12-18-11-19(13-23)15-24(25,14-18)16-23/h4-5,10,18-19H,3,6-9,11-16H2,1-2H3,(H,26,29)/t18-,19-,23?,24?/m1/s1. The average Bonchev–Trinajstić information content (AvgIpc) is 2.66. The van der Waals surface area contributed by atoms with Gasteiger partial charge >= 0.3 is 0 Å². The minimum absolute atomic E-state index is 0.123. The van der Waals surface area contributed by atoms with Gasteiger partial charge < -0.3 is 15.1 Å². The topological polar surface area (TPSA) is 35.6 Å². The van der Waals surface area contributed by atoms with Gasteiger partial charge in [0.1, 0.15) is 0 Å². The van der Waals surface area contributed by atoms with Gasteiger partial charge in [0.15, 0.2) is 0 Å². The molecule has 0 aromatic heterocycles. The molecule has 5 aliphatic rings. The van der Waals surface area contributed by atoms with Gasteiger partial charge in [-0.1, -0.05) is 6.92 Å². The number of halogens is 1. The van der Waals surface area contributed by atoms with Crippen molar-refractivity contribution in [1.29, 1.82) is 0 Å². The summed E-state index contributed by atoms with van der Waals surface area (Å²) in [6.45, 7) is 9.92. The number of carbonyl (C=O) groups is 1. The van der Waals surface area contributed by atoms with Gasteiger partial charge in [0.2, 0.25) is 5.91 Å². The number of alkyl halides is 1. The number of carbonyl (C=O) groups excluding carboxylic acids is 1. The van der Waals surface area contributed by atoms with Crippen molar-refractivity contribution >= 4 is 28.9 Å². The van der Waals surface area contributed by atoms with Crippen molar-refractivity contribution in [3.8, 4) is 0 Å². The fraction of sp³-hybridized carbons (Fsp3) is 0.708. The number of nitrogens with zero attached hydrogens (tertiary/aromatic N) is 2. The van der Waals surface area contributed by atoms with Gasteiger partial charge in [-0.2, -0.15) is 0 Å². The summed E-state index contributed by atoms with van der Waals surface area (Å²) < 4.78 is 0. The monoisotopic (exact) mass is 415 g/mol. The van der Waals surface area contributed by atoms with E-state index in [0.717, 1.165) is 70.5 Å². The van der Waals surface area contributed by atoms with Gasteiger partial charge in [0, 0.05) is 42.4 Å². The van der Waals surface area contributed by atoms with E-state index in [1.54, 1.807) is 0 Å². The quantitative estimate of drug-likeness (QED) is 0.727. The number of rotatable bonds is 4. The molecule has 6 rings (SSSR count). The number of amides is 1. The second-order valence-electron chi connectivity index (χ2n) is 10.3. The third kappa shape index (κ3) is 3.57. The highest BCUT2D eigenvalue weighted by atomic mass is 35.5. The van der Waals surface area contributed by atoms with Crippen LogP contribution in [0.1, 0.15) is 51.0 Å². The fourth-order valence-electron chi connectivity index (χ4n) is 7.07. The molecule has 4 bridgehead atoms. The lowest BCUT2D eigenvalue weighted by atomic mass is 9.49. The maximum absolute atomic E-state index is 13.4. The fourth-order valence-corrected chi connectivity index (χ4v) is 7.77. The van der Waals surface area contributed by atoms with Crippen LogP contribution in [0.3, 0.4) is 0 Å². The van der Waals surface area contributed by atoms with Gasteiger partial charge in [-0.25, -0.2) is 0 Å². The van der Waals surface area contributed by atoms with Gasteiger partial charge in [0.25, 0.3) is 0 Å². The Bertz CT molecular complexity index is 787. The Labute approximate surface area is 180 Å². The second kappa shape index (κ2) is 7.16. The Morgan fingerprint density at radius 2 is 1.83 bits per heavy atom. The smallest absolute Gasteiger partial charge is 0.230 e. The molecule has 0 radical (unpaired) electrons. The van der Waals surface area contributed by atoms with Crippen LogP contribution in [-0.2, 0) is 4.79 Å². The maximum atomic E-state index is 13.4. The van der Waals surface area contributed by atoms with Crippen molar-refractivity contribution in [3.63, 3.8) is 0 Å². The zero-order valence-electron chi connectivity index (χ0n) is 17.8. The predicted molar refractivity (Wildman–Crippen MR) is 120 cm³/mol. The molecule has 1 aliphatic heterocycles. The largest absolute Gasteiger partial charge is 0.369 e. The van der Waals surface area contributed by atoms with E-state index < -0.39 is 0 Å². The molecule has 1 aromatic rings. The van der Waals surface area contributed by atoms with Crippen molar-refractivity contribution in [2.75, 3.05) is 42.9 Å².